The lowest BCUT2D eigenvalue weighted by molar-refractivity contribution is -0.132. The minimum Gasteiger partial charge on any atom is -0.425 e. The molecule has 4 nitrogen and oxygen atoms in total. The van der Waals surface area contributed by atoms with Gasteiger partial charge in [0.1, 0.15) is 0 Å². The fourth-order valence-corrected chi connectivity index (χ4v) is 1.44. The molecule has 0 radical (unpaired) electrons. The molecule has 16 heavy (non-hydrogen) atoms. The molecule has 6 heteroatoms. The Labute approximate surface area is 102 Å². The second-order valence-corrected chi connectivity index (χ2v) is 3.71. The molecule has 1 rings (SSSR count). The first-order chi connectivity index (χ1) is 7.40. The zero-order chi connectivity index (χ0) is 12.3. The molecule has 0 amide bonds. The van der Waals surface area contributed by atoms with Gasteiger partial charge >= 0.3 is 11.9 Å². The van der Waals surface area contributed by atoms with E-state index in [1.165, 1.54) is 26.0 Å². The molecule has 1 aromatic rings. The summed E-state index contributed by atoms with van der Waals surface area (Å²) in [4.78, 5) is 21.5. The van der Waals surface area contributed by atoms with Gasteiger partial charge < -0.3 is 9.47 Å². The first-order valence-electron chi connectivity index (χ1n) is 4.26. The second kappa shape index (κ2) is 5.18. The molecule has 0 atom stereocenters. The molecule has 0 heterocycles. The van der Waals surface area contributed by atoms with Crippen molar-refractivity contribution in [2.24, 2.45) is 0 Å². The van der Waals surface area contributed by atoms with Crippen LogP contribution in [-0.4, -0.2) is 11.9 Å². The largest absolute Gasteiger partial charge is 0.425 e. The van der Waals surface area contributed by atoms with E-state index in [0.717, 1.165) is 0 Å². The standard InChI is InChI=1S/C10H8Cl2O4/c1-5(13)15-9-4-10(16-6(2)14)8(12)3-7(9)11/h3-4H,1-2H3. The van der Waals surface area contributed by atoms with Crippen LogP contribution in [0.2, 0.25) is 10.0 Å². The maximum Gasteiger partial charge on any atom is 0.308 e. The minimum absolute atomic E-state index is 0.0924. The molecule has 86 valence electrons. The van der Waals surface area contributed by atoms with Crippen molar-refractivity contribution in [1.82, 2.24) is 0 Å². The van der Waals surface area contributed by atoms with Crippen LogP contribution in [0.1, 0.15) is 13.8 Å². The van der Waals surface area contributed by atoms with Crippen LogP contribution in [0, 0.1) is 0 Å². The van der Waals surface area contributed by atoms with Crippen LogP contribution in [0.4, 0.5) is 0 Å². The highest BCUT2D eigenvalue weighted by atomic mass is 35.5. The van der Waals surface area contributed by atoms with Crippen molar-refractivity contribution in [2.75, 3.05) is 0 Å². The van der Waals surface area contributed by atoms with Gasteiger partial charge in [-0.05, 0) is 6.07 Å². The maximum atomic E-state index is 10.8. The Morgan fingerprint density at radius 3 is 1.62 bits per heavy atom. The summed E-state index contributed by atoms with van der Waals surface area (Å²) in [6.07, 6.45) is 0. The molecular formula is C10H8Cl2O4. The zero-order valence-electron chi connectivity index (χ0n) is 8.54. The van der Waals surface area contributed by atoms with Gasteiger partial charge in [-0.15, -0.1) is 0 Å². The molecule has 0 bridgehead atoms. The normalized spacial score (nSPS) is 9.75. The van der Waals surface area contributed by atoms with E-state index in [1.807, 2.05) is 0 Å². The van der Waals surface area contributed by atoms with E-state index in [9.17, 15) is 9.59 Å². The lowest BCUT2D eigenvalue weighted by Gasteiger charge is -2.08. The van der Waals surface area contributed by atoms with Gasteiger partial charge in [0.05, 0.1) is 10.0 Å². The van der Waals surface area contributed by atoms with E-state index in [2.05, 4.69) is 0 Å². The predicted molar refractivity (Wildman–Crippen MR) is 59.1 cm³/mol. The van der Waals surface area contributed by atoms with E-state index < -0.39 is 11.9 Å². The number of carbonyl (C=O) groups is 2. The molecule has 0 saturated carbocycles. The highest BCUT2D eigenvalue weighted by Crippen LogP contribution is 2.35. The Balaban J connectivity index is 3.10. The maximum absolute atomic E-state index is 10.8. The first-order valence-corrected chi connectivity index (χ1v) is 5.01. The van der Waals surface area contributed by atoms with E-state index in [4.69, 9.17) is 32.7 Å². The van der Waals surface area contributed by atoms with Gasteiger partial charge in [-0.1, -0.05) is 23.2 Å². The zero-order valence-corrected chi connectivity index (χ0v) is 10.1. The van der Waals surface area contributed by atoms with E-state index in [-0.39, 0.29) is 21.5 Å². The van der Waals surface area contributed by atoms with E-state index in [0.29, 0.717) is 0 Å². The van der Waals surface area contributed by atoms with Crippen molar-refractivity contribution in [3.8, 4) is 11.5 Å². The summed E-state index contributed by atoms with van der Waals surface area (Å²) in [5.74, 6) is -0.874. The monoisotopic (exact) mass is 262 g/mol. The van der Waals surface area contributed by atoms with E-state index >= 15 is 0 Å². The summed E-state index contributed by atoms with van der Waals surface area (Å²) in [5.41, 5.74) is 0. The molecule has 0 fully saturated rings. The average molecular weight is 263 g/mol. The number of ether oxygens (including phenoxy) is 2. The van der Waals surface area contributed by atoms with Gasteiger partial charge in [-0.2, -0.15) is 0 Å². The van der Waals surface area contributed by atoms with Crippen LogP contribution in [0.25, 0.3) is 0 Å². The molecule has 0 aliphatic heterocycles. The van der Waals surface area contributed by atoms with Crippen LogP contribution < -0.4 is 9.47 Å². The number of hydrogen-bond acceptors (Lipinski definition) is 4. The minimum atomic E-state index is -0.530. The number of esters is 2. The molecule has 0 spiro atoms. The van der Waals surface area contributed by atoms with Crippen LogP contribution in [-0.2, 0) is 9.59 Å². The quantitative estimate of drug-likeness (QED) is 0.608. The van der Waals surface area contributed by atoms with Crippen molar-refractivity contribution in [3.05, 3.63) is 22.2 Å². The Kier molecular flexibility index (Phi) is 4.15. The number of carbonyl (C=O) groups excluding carboxylic acids is 2. The van der Waals surface area contributed by atoms with Gasteiger partial charge in [0.25, 0.3) is 0 Å². The van der Waals surface area contributed by atoms with E-state index in [1.54, 1.807) is 0 Å². The lowest BCUT2D eigenvalue weighted by atomic mass is 10.3. The van der Waals surface area contributed by atoms with Gasteiger partial charge in [0.2, 0.25) is 0 Å². The molecular weight excluding hydrogens is 255 g/mol. The molecule has 0 aliphatic carbocycles. The van der Waals surface area contributed by atoms with Crippen LogP contribution in [0.15, 0.2) is 12.1 Å². The Morgan fingerprint density at radius 2 is 1.31 bits per heavy atom. The number of benzene rings is 1. The van der Waals surface area contributed by atoms with Crippen molar-refractivity contribution < 1.29 is 19.1 Å². The summed E-state index contributed by atoms with van der Waals surface area (Å²) in [6.45, 7) is 2.47. The molecule has 0 N–H and O–H groups in total. The second-order valence-electron chi connectivity index (χ2n) is 2.90. The number of rotatable bonds is 2. The van der Waals surface area contributed by atoms with Crippen LogP contribution in [0.5, 0.6) is 11.5 Å². The Morgan fingerprint density at radius 1 is 0.938 bits per heavy atom. The fourth-order valence-electron chi connectivity index (χ4n) is 0.977. The number of halogens is 2. The summed E-state index contributed by atoms with van der Waals surface area (Å²) in [5, 5.41) is 0.326. The molecule has 0 aromatic heterocycles. The van der Waals surface area contributed by atoms with Crippen molar-refractivity contribution in [1.29, 1.82) is 0 Å². The van der Waals surface area contributed by atoms with Crippen molar-refractivity contribution in [2.45, 2.75) is 13.8 Å². The van der Waals surface area contributed by atoms with Crippen LogP contribution >= 0.6 is 23.2 Å². The van der Waals surface area contributed by atoms with Gasteiger partial charge in [0, 0.05) is 19.9 Å². The SMILES string of the molecule is CC(=O)Oc1cc(OC(C)=O)c(Cl)cc1Cl. The molecule has 1 aromatic carbocycles. The Hall–Kier alpha value is -1.26. The lowest BCUT2D eigenvalue weighted by Crippen LogP contribution is -2.05. The van der Waals surface area contributed by atoms with Crippen molar-refractivity contribution >= 4 is 35.1 Å². The summed E-state index contributed by atoms with van der Waals surface area (Å²) in [6, 6.07) is 2.62. The third kappa shape index (κ3) is 3.40. The Bertz CT molecular complexity index is 405. The summed E-state index contributed by atoms with van der Waals surface area (Å²) in [7, 11) is 0. The molecule has 0 unspecified atom stereocenters. The third-order valence-corrected chi connectivity index (χ3v) is 2.08. The van der Waals surface area contributed by atoms with Gasteiger partial charge in [0.15, 0.2) is 11.5 Å². The fraction of sp³-hybridized carbons (Fsp3) is 0.200. The summed E-state index contributed by atoms with van der Waals surface area (Å²) < 4.78 is 9.60. The smallest absolute Gasteiger partial charge is 0.308 e. The van der Waals surface area contributed by atoms with Gasteiger partial charge in [-0.3, -0.25) is 9.59 Å². The number of hydrogen-bond donors (Lipinski definition) is 0. The third-order valence-electron chi connectivity index (χ3n) is 1.49. The highest BCUT2D eigenvalue weighted by Gasteiger charge is 2.12. The van der Waals surface area contributed by atoms with Gasteiger partial charge in [-0.25, -0.2) is 0 Å². The molecule has 0 saturated heterocycles. The first kappa shape index (κ1) is 12.8. The predicted octanol–water partition coefficient (Wildman–Crippen LogP) is 2.84. The summed E-state index contributed by atoms with van der Waals surface area (Å²) >= 11 is 11.6. The molecule has 0 aliphatic rings. The van der Waals surface area contributed by atoms with Crippen LogP contribution in [0.3, 0.4) is 0 Å². The topological polar surface area (TPSA) is 52.6 Å². The van der Waals surface area contributed by atoms with Crippen molar-refractivity contribution in [3.63, 3.8) is 0 Å². The average Bonchev–Trinajstić information content (AvgIpc) is 2.11. The highest BCUT2D eigenvalue weighted by molar-refractivity contribution is 6.36.